The van der Waals surface area contributed by atoms with Crippen molar-refractivity contribution in [3.05, 3.63) is 106 Å². The van der Waals surface area contributed by atoms with Gasteiger partial charge < -0.3 is 9.47 Å². The number of carbonyl (C=O) groups excluding carboxylic acids is 2. The SMILES string of the molecule is O=C(OCc1cccc(COC(=O)c2ccc(F)cc2F)c1)c1ccc(F)cc1F. The van der Waals surface area contributed by atoms with Gasteiger partial charge in [0.15, 0.2) is 0 Å². The molecule has 30 heavy (non-hydrogen) atoms. The first-order valence-electron chi connectivity index (χ1n) is 8.65. The van der Waals surface area contributed by atoms with Crippen molar-refractivity contribution in [1.29, 1.82) is 0 Å². The van der Waals surface area contributed by atoms with Gasteiger partial charge >= 0.3 is 11.9 Å². The maximum atomic E-state index is 13.6. The normalized spacial score (nSPS) is 10.5. The van der Waals surface area contributed by atoms with Crippen molar-refractivity contribution < 1.29 is 36.6 Å². The van der Waals surface area contributed by atoms with Gasteiger partial charge in [-0.2, -0.15) is 0 Å². The smallest absolute Gasteiger partial charge is 0.341 e. The summed E-state index contributed by atoms with van der Waals surface area (Å²) in [6.07, 6.45) is 0. The monoisotopic (exact) mass is 418 g/mol. The Hall–Kier alpha value is -3.68. The molecule has 3 aromatic rings. The number of rotatable bonds is 6. The Morgan fingerprint density at radius 3 is 1.47 bits per heavy atom. The molecule has 154 valence electrons. The fourth-order valence-electron chi connectivity index (χ4n) is 2.57. The molecule has 8 heteroatoms. The van der Waals surface area contributed by atoms with E-state index in [9.17, 15) is 27.2 Å². The first-order chi connectivity index (χ1) is 14.3. The lowest BCUT2D eigenvalue weighted by molar-refractivity contribution is 0.0465. The minimum Gasteiger partial charge on any atom is -0.457 e. The molecule has 0 bridgehead atoms. The molecule has 0 aromatic heterocycles. The van der Waals surface area contributed by atoms with Crippen LogP contribution >= 0.6 is 0 Å². The number of benzene rings is 3. The molecular formula is C22H14F4O4. The Labute approximate surface area is 168 Å². The average Bonchev–Trinajstić information content (AvgIpc) is 2.70. The van der Waals surface area contributed by atoms with E-state index in [2.05, 4.69) is 0 Å². The van der Waals surface area contributed by atoms with Crippen LogP contribution in [0.25, 0.3) is 0 Å². The third-order valence-corrected chi connectivity index (χ3v) is 4.03. The van der Waals surface area contributed by atoms with Gasteiger partial charge in [0, 0.05) is 12.1 Å². The second-order valence-electron chi connectivity index (χ2n) is 6.22. The molecule has 0 saturated heterocycles. The number of halogens is 4. The standard InChI is InChI=1S/C22H14F4O4/c23-15-4-6-17(19(25)9-15)21(27)29-11-13-2-1-3-14(8-13)12-30-22(28)18-7-5-16(24)10-20(18)26/h1-10H,11-12H2. The Morgan fingerprint density at radius 2 is 1.07 bits per heavy atom. The Balaban J connectivity index is 1.59. The van der Waals surface area contributed by atoms with E-state index in [1.54, 1.807) is 24.3 Å². The van der Waals surface area contributed by atoms with Crippen LogP contribution < -0.4 is 0 Å². The molecule has 0 heterocycles. The molecule has 4 nitrogen and oxygen atoms in total. The predicted octanol–water partition coefficient (Wildman–Crippen LogP) is 4.96. The van der Waals surface area contributed by atoms with Crippen molar-refractivity contribution in [2.45, 2.75) is 13.2 Å². The fraction of sp³-hybridized carbons (Fsp3) is 0.0909. The Bertz CT molecular complexity index is 1020. The first-order valence-corrected chi connectivity index (χ1v) is 8.65. The summed E-state index contributed by atoms with van der Waals surface area (Å²) in [7, 11) is 0. The maximum absolute atomic E-state index is 13.6. The van der Waals surface area contributed by atoms with E-state index in [1.165, 1.54) is 0 Å². The molecule has 0 radical (unpaired) electrons. The van der Waals surface area contributed by atoms with Crippen LogP contribution in [-0.2, 0) is 22.7 Å². The second-order valence-corrected chi connectivity index (χ2v) is 6.22. The van der Waals surface area contributed by atoms with Crippen LogP contribution in [0.2, 0.25) is 0 Å². The highest BCUT2D eigenvalue weighted by molar-refractivity contribution is 5.90. The molecule has 0 unspecified atom stereocenters. The zero-order valence-corrected chi connectivity index (χ0v) is 15.3. The maximum Gasteiger partial charge on any atom is 0.341 e. The minimum absolute atomic E-state index is 0.204. The predicted molar refractivity (Wildman–Crippen MR) is 97.4 cm³/mol. The van der Waals surface area contributed by atoms with Gasteiger partial charge in [0.05, 0.1) is 11.1 Å². The van der Waals surface area contributed by atoms with Gasteiger partial charge in [-0.05, 0) is 41.5 Å². The van der Waals surface area contributed by atoms with Crippen LogP contribution in [0, 0.1) is 23.3 Å². The number of esters is 2. The van der Waals surface area contributed by atoms with Gasteiger partial charge in [0.25, 0.3) is 0 Å². The highest BCUT2D eigenvalue weighted by Gasteiger charge is 2.15. The number of ether oxygens (including phenoxy) is 2. The lowest BCUT2D eigenvalue weighted by Crippen LogP contribution is -2.09. The van der Waals surface area contributed by atoms with E-state index < -0.39 is 46.3 Å². The van der Waals surface area contributed by atoms with E-state index in [4.69, 9.17) is 9.47 Å². The molecule has 0 spiro atoms. The van der Waals surface area contributed by atoms with Gasteiger partial charge in [0.2, 0.25) is 0 Å². The summed E-state index contributed by atoms with van der Waals surface area (Å²) in [5.41, 5.74) is 0.241. The highest BCUT2D eigenvalue weighted by atomic mass is 19.1. The van der Waals surface area contributed by atoms with Gasteiger partial charge in [0.1, 0.15) is 36.5 Å². The molecule has 0 fully saturated rings. The third-order valence-electron chi connectivity index (χ3n) is 4.03. The number of hydrogen-bond acceptors (Lipinski definition) is 4. The third kappa shape index (κ3) is 5.22. The minimum atomic E-state index is -1.03. The topological polar surface area (TPSA) is 52.6 Å². The van der Waals surface area contributed by atoms with Crippen LogP contribution in [0.3, 0.4) is 0 Å². The molecule has 0 aliphatic heterocycles. The molecule has 3 rings (SSSR count). The molecule has 0 N–H and O–H groups in total. The lowest BCUT2D eigenvalue weighted by atomic mass is 10.1. The summed E-state index contributed by atoms with van der Waals surface area (Å²) in [6.45, 7) is -0.409. The van der Waals surface area contributed by atoms with Crippen LogP contribution in [0.15, 0.2) is 60.7 Å². The van der Waals surface area contributed by atoms with Gasteiger partial charge in [-0.25, -0.2) is 27.2 Å². The van der Waals surface area contributed by atoms with Gasteiger partial charge in [-0.1, -0.05) is 18.2 Å². The summed E-state index contributed by atoms with van der Waals surface area (Å²) >= 11 is 0. The number of carbonyl (C=O) groups is 2. The van der Waals surface area contributed by atoms with Crippen molar-refractivity contribution in [2.24, 2.45) is 0 Å². The quantitative estimate of drug-likeness (QED) is 0.420. The first kappa shape index (κ1) is 21.0. The summed E-state index contributed by atoms with van der Waals surface area (Å²) in [5.74, 6) is -5.62. The summed E-state index contributed by atoms with van der Waals surface area (Å²) in [6, 6.07) is 11.4. The Kier molecular flexibility index (Phi) is 6.46. The Morgan fingerprint density at radius 1 is 0.633 bits per heavy atom. The average molecular weight is 418 g/mol. The molecular weight excluding hydrogens is 404 g/mol. The zero-order chi connectivity index (χ0) is 21.7. The van der Waals surface area contributed by atoms with Gasteiger partial charge in [-0.15, -0.1) is 0 Å². The molecule has 0 aliphatic carbocycles. The van der Waals surface area contributed by atoms with Crippen LogP contribution in [-0.4, -0.2) is 11.9 Å². The summed E-state index contributed by atoms with van der Waals surface area (Å²) < 4.78 is 63.1. The summed E-state index contributed by atoms with van der Waals surface area (Å²) in [4.78, 5) is 23.9. The molecule has 0 saturated carbocycles. The van der Waals surface area contributed by atoms with Crippen LogP contribution in [0.5, 0.6) is 0 Å². The fourth-order valence-corrected chi connectivity index (χ4v) is 2.57. The molecule has 3 aromatic carbocycles. The van der Waals surface area contributed by atoms with E-state index in [-0.39, 0.29) is 13.2 Å². The van der Waals surface area contributed by atoms with E-state index >= 15 is 0 Å². The van der Waals surface area contributed by atoms with Crippen molar-refractivity contribution >= 4 is 11.9 Å². The van der Waals surface area contributed by atoms with Crippen molar-refractivity contribution in [1.82, 2.24) is 0 Å². The van der Waals surface area contributed by atoms with Crippen LogP contribution in [0.4, 0.5) is 17.6 Å². The largest absolute Gasteiger partial charge is 0.457 e. The molecule has 0 aliphatic rings. The van der Waals surface area contributed by atoms with E-state index in [0.29, 0.717) is 23.3 Å². The van der Waals surface area contributed by atoms with Crippen molar-refractivity contribution in [2.75, 3.05) is 0 Å². The molecule has 0 amide bonds. The van der Waals surface area contributed by atoms with E-state index in [0.717, 1.165) is 24.3 Å². The van der Waals surface area contributed by atoms with Crippen molar-refractivity contribution in [3.63, 3.8) is 0 Å². The van der Waals surface area contributed by atoms with Gasteiger partial charge in [-0.3, -0.25) is 0 Å². The van der Waals surface area contributed by atoms with E-state index in [1.807, 2.05) is 0 Å². The lowest BCUT2D eigenvalue weighted by Gasteiger charge is -2.09. The van der Waals surface area contributed by atoms with Crippen molar-refractivity contribution in [3.8, 4) is 0 Å². The number of hydrogen-bond donors (Lipinski definition) is 0. The van der Waals surface area contributed by atoms with Crippen LogP contribution in [0.1, 0.15) is 31.8 Å². The second kappa shape index (κ2) is 9.21. The molecule has 0 atom stereocenters. The zero-order valence-electron chi connectivity index (χ0n) is 15.3. The summed E-state index contributed by atoms with van der Waals surface area (Å²) in [5, 5.41) is 0. The highest BCUT2D eigenvalue weighted by Crippen LogP contribution is 2.15.